The normalized spacial score (nSPS) is 15.2. The number of rotatable bonds is 12. The second-order valence-electron chi connectivity index (χ2n) is 11.8. The Kier molecular flexibility index (Phi) is 11.5. The summed E-state index contributed by atoms with van der Waals surface area (Å²) in [4.78, 5) is 40.5. The molecule has 208 valence electrons. The first kappa shape index (κ1) is 32.3. The molecule has 0 aliphatic rings. The van der Waals surface area contributed by atoms with Gasteiger partial charge in [-0.05, 0) is 43.5 Å². The first-order valence-electron chi connectivity index (χ1n) is 12.9. The van der Waals surface area contributed by atoms with Crippen LogP contribution in [0, 0.1) is 11.3 Å². The van der Waals surface area contributed by atoms with Crippen LogP contribution in [0.1, 0.15) is 66.5 Å². The molecule has 8 nitrogen and oxygen atoms in total. The third-order valence-electron chi connectivity index (χ3n) is 6.96. The molecule has 0 saturated carbocycles. The van der Waals surface area contributed by atoms with E-state index in [2.05, 4.69) is 22.0 Å². The predicted octanol–water partition coefficient (Wildman–Crippen LogP) is 3.32. The minimum Gasteiger partial charge on any atom is -0.478 e. The summed E-state index contributed by atoms with van der Waals surface area (Å²) in [6.45, 7) is 15.9. The number of hydrogen-bond acceptors (Lipinski definition) is 5. The number of carboxylic acids is 1. The maximum Gasteiger partial charge on any atom is 0.331 e. The highest BCUT2D eigenvalue weighted by Gasteiger charge is 2.41. The molecule has 0 radical (unpaired) electrons. The number of carboxylic acid groups (broad SMARTS) is 1. The van der Waals surface area contributed by atoms with Crippen LogP contribution in [0.5, 0.6) is 0 Å². The average Bonchev–Trinajstić information content (AvgIpc) is 2.79. The van der Waals surface area contributed by atoms with Gasteiger partial charge in [-0.15, -0.1) is 0 Å². The quantitative estimate of drug-likeness (QED) is 0.317. The molecule has 0 aromatic heterocycles. The van der Waals surface area contributed by atoms with Gasteiger partial charge >= 0.3 is 5.97 Å². The molecule has 0 aliphatic carbocycles. The third kappa shape index (κ3) is 8.40. The number of nitrogens with zero attached hydrogens (tertiary/aromatic N) is 1. The average molecular weight is 517 g/mol. The van der Waals surface area contributed by atoms with Crippen LogP contribution in [-0.4, -0.2) is 67.1 Å². The molecule has 3 atom stereocenters. The van der Waals surface area contributed by atoms with Crippen LogP contribution < -0.4 is 16.0 Å². The third-order valence-corrected chi connectivity index (χ3v) is 6.96. The van der Waals surface area contributed by atoms with E-state index in [1.165, 1.54) is 6.92 Å². The van der Waals surface area contributed by atoms with Gasteiger partial charge in [0.25, 0.3) is 0 Å². The molecule has 2 amide bonds. The number of benzene rings is 1. The zero-order valence-corrected chi connectivity index (χ0v) is 24.5. The van der Waals surface area contributed by atoms with Crippen LogP contribution in [-0.2, 0) is 26.3 Å². The van der Waals surface area contributed by atoms with E-state index in [0.29, 0.717) is 0 Å². The van der Waals surface area contributed by atoms with Crippen LogP contribution in [0.2, 0.25) is 0 Å². The van der Waals surface area contributed by atoms with Gasteiger partial charge in [0.2, 0.25) is 11.8 Å². The molecule has 0 spiro atoms. The van der Waals surface area contributed by atoms with Crippen molar-refractivity contribution >= 4 is 17.8 Å². The standard InChI is InChI=1S/C29H48N4O4/c1-18(2)22(15-19(3)27(36)37)33(11)26(35)24(28(4,5)6)32-25(34)23(31-10)29(7,8)21-14-12-13-20(16-21)17-30-9/h12-16,18,22-24,30-31H,17H2,1-11H3,(H,32,34)(H,36,37)/b19-15+/t22-,23?,24-/m1/s1. The van der Waals surface area contributed by atoms with Gasteiger partial charge in [-0.3, -0.25) is 9.59 Å². The highest BCUT2D eigenvalue weighted by molar-refractivity contribution is 5.91. The summed E-state index contributed by atoms with van der Waals surface area (Å²) in [6, 6.07) is 6.29. The summed E-state index contributed by atoms with van der Waals surface area (Å²) in [6.07, 6.45) is 1.60. The summed E-state index contributed by atoms with van der Waals surface area (Å²) >= 11 is 0. The predicted molar refractivity (Wildman–Crippen MR) is 149 cm³/mol. The van der Waals surface area contributed by atoms with Gasteiger partial charge in [-0.25, -0.2) is 4.79 Å². The molecule has 0 saturated heterocycles. The Morgan fingerprint density at radius 3 is 2.11 bits per heavy atom. The van der Waals surface area contributed by atoms with Crippen LogP contribution in [0.4, 0.5) is 0 Å². The summed E-state index contributed by atoms with van der Waals surface area (Å²) < 4.78 is 0. The highest BCUT2D eigenvalue weighted by Crippen LogP contribution is 2.30. The van der Waals surface area contributed by atoms with Gasteiger partial charge < -0.3 is 26.0 Å². The first-order valence-corrected chi connectivity index (χ1v) is 12.9. The molecule has 8 heteroatoms. The largest absolute Gasteiger partial charge is 0.478 e. The van der Waals surface area contributed by atoms with E-state index in [1.54, 1.807) is 25.1 Å². The Labute approximate surface area is 223 Å². The van der Waals surface area contributed by atoms with Crippen molar-refractivity contribution < 1.29 is 19.5 Å². The summed E-state index contributed by atoms with van der Waals surface area (Å²) in [5.41, 5.74) is 1.16. The van der Waals surface area contributed by atoms with E-state index in [-0.39, 0.29) is 23.3 Å². The lowest BCUT2D eigenvalue weighted by molar-refractivity contribution is -0.141. The van der Waals surface area contributed by atoms with Crippen LogP contribution in [0.15, 0.2) is 35.9 Å². The van der Waals surface area contributed by atoms with Gasteiger partial charge in [0.1, 0.15) is 6.04 Å². The minimum absolute atomic E-state index is 0.0200. The first-order chi connectivity index (χ1) is 17.0. The lowest BCUT2D eigenvalue weighted by Crippen LogP contribution is -2.61. The van der Waals surface area contributed by atoms with E-state index in [1.807, 2.05) is 73.7 Å². The molecule has 0 heterocycles. The van der Waals surface area contributed by atoms with Crippen molar-refractivity contribution in [2.24, 2.45) is 11.3 Å². The Morgan fingerprint density at radius 1 is 1.05 bits per heavy atom. The number of likely N-dealkylation sites (N-methyl/N-ethyl adjacent to an activating group) is 2. The van der Waals surface area contributed by atoms with Gasteiger partial charge in [0.15, 0.2) is 0 Å². The van der Waals surface area contributed by atoms with E-state index < -0.39 is 34.9 Å². The van der Waals surface area contributed by atoms with Crippen LogP contribution in [0.25, 0.3) is 0 Å². The molecule has 1 aromatic carbocycles. The lowest BCUT2D eigenvalue weighted by atomic mass is 9.76. The van der Waals surface area contributed by atoms with E-state index in [4.69, 9.17) is 0 Å². The zero-order valence-electron chi connectivity index (χ0n) is 24.5. The van der Waals surface area contributed by atoms with E-state index in [0.717, 1.165) is 17.7 Å². The zero-order chi connectivity index (χ0) is 28.7. The number of carbonyl (C=O) groups is 3. The van der Waals surface area contributed by atoms with Crippen LogP contribution in [0.3, 0.4) is 0 Å². The van der Waals surface area contributed by atoms with Crippen LogP contribution >= 0.6 is 0 Å². The molecule has 0 aliphatic heterocycles. The molecular formula is C29H48N4O4. The fourth-order valence-electron chi connectivity index (χ4n) is 4.58. The van der Waals surface area contributed by atoms with Crippen molar-refractivity contribution in [1.82, 2.24) is 20.9 Å². The van der Waals surface area contributed by atoms with E-state index in [9.17, 15) is 19.5 Å². The summed E-state index contributed by atoms with van der Waals surface area (Å²) in [5.74, 6) is -1.58. The molecule has 1 aromatic rings. The van der Waals surface area contributed by atoms with Crippen molar-refractivity contribution in [3.8, 4) is 0 Å². The smallest absolute Gasteiger partial charge is 0.331 e. The van der Waals surface area contributed by atoms with E-state index >= 15 is 0 Å². The minimum atomic E-state index is -1.02. The highest BCUT2D eigenvalue weighted by atomic mass is 16.4. The Balaban J connectivity index is 3.33. The Bertz CT molecular complexity index is 978. The maximum atomic E-state index is 13.8. The fraction of sp³-hybridized carbons (Fsp3) is 0.621. The molecular weight excluding hydrogens is 468 g/mol. The second-order valence-corrected chi connectivity index (χ2v) is 11.8. The van der Waals surface area contributed by atoms with Crippen molar-refractivity contribution in [2.45, 2.75) is 85.5 Å². The van der Waals surface area contributed by atoms with Crippen molar-refractivity contribution in [3.63, 3.8) is 0 Å². The summed E-state index contributed by atoms with van der Waals surface area (Å²) in [7, 11) is 5.30. The number of carbonyl (C=O) groups excluding carboxylic acids is 2. The number of amides is 2. The Hall–Kier alpha value is -2.71. The number of nitrogens with one attached hydrogen (secondary N) is 3. The SMILES string of the molecule is CNCc1cccc(C(C)(C)C(NC)C(=O)N[C@H](C(=O)N(C)[C@H](/C=C(\C)C(=O)O)C(C)C)C(C)(C)C)c1. The lowest BCUT2D eigenvalue weighted by Gasteiger charge is -2.40. The summed E-state index contributed by atoms with van der Waals surface area (Å²) in [5, 5.41) is 18.7. The molecule has 1 rings (SSSR count). The Morgan fingerprint density at radius 2 is 1.65 bits per heavy atom. The van der Waals surface area contributed by atoms with Crippen molar-refractivity contribution in [3.05, 3.63) is 47.0 Å². The maximum absolute atomic E-state index is 13.8. The molecule has 0 fully saturated rings. The number of aliphatic carboxylic acids is 1. The molecule has 37 heavy (non-hydrogen) atoms. The number of hydrogen-bond donors (Lipinski definition) is 4. The van der Waals surface area contributed by atoms with Gasteiger partial charge in [0, 0.05) is 24.6 Å². The van der Waals surface area contributed by atoms with Gasteiger partial charge in [-0.2, -0.15) is 0 Å². The van der Waals surface area contributed by atoms with Gasteiger partial charge in [-0.1, -0.05) is 78.8 Å². The van der Waals surface area contributed by atoms with Crippen molar-refractivity contribution in [2.75, 3.05) is 21.1 Å². The fourth-order valence-corrected chi connectivity index (χ4v) is 4.58. The topological polar surface area (TPSA) is 111 Å². The van der Waals surface area contributed by atoms with Crippen molar-refractivity contribution in [1.29, 1.82) is 0 Å². The molecule has 0 bridgehead atoms. The van der Waals surface area contributed by atoms with Gasteiger partial charge in [0.05, 0.1) is 12.1 Å². The second kappa shape index (κ2) is 13.2. The monoisotopic (exact) mass is 516 g/mol. The molecule has 4 N–H and O–H groups in total. The molecule has 1 unspecified atom stereocenters.